The molecule has 1 heterocycles. The van der Waals surface area contributed by atoms with Crippen molar-refractivity contribution < 1.29 is 13.9 Å². The van der Waals surface area contributed by atoms with Crippen molar-refractivity contribution >= 4 is 5.91 Å². The molecule has 4 nitrogen and oxygen atoms in total. The minimum atomic E-state index is -0.885. The van der Waals surface area contributed by atoms with Gasteiger partial charge in [-0.2, -0.15) is 0 Å². The molecule has 74 valence electrons. The third-order valence-corrected chi connectivity index (χ3v) is 1.91. The van der Waals surface area contributed by atoms with E-state index in [-0.39, 0.29) is 17.5 Å². The first-order valence-electron chi connectivity index (χ1n) is 4.29. The van der Waals surface area contributed by atoms with E-state index in [0.29, 0.717) is 0 Å². The molecule has 1 aromatic heterocycles. The number of carbonyl (C=O) groups is 1. The molecule has 2 rings (SSSR count). The van der Waals surface area contributed by atoms with Crippen LogP contribution in [0.15, 0.2) is 12.3 Å². The second kappa shape index (κ2) is 3.25. The largest absolute Gasteiger partial charge is 0.487 e. The van der Waals surface area contributed by atoms with Crippen LogP contribution < -0.4 is 10.5 Å². The molecule has 5 heteroatoms. The fourth-order valence-corrected chi connectivity index (χ4v) is 1.05. The normalized spacial score (nSPS) is 15.2. The zero-order valence-electron chi connectivity index (χ0n) is 7.37. The summed E-state index contributed by atoms with van der Waals surface area (Å²) in [5.41, 5.74) is 4.56. The van der Waals surface area contributed by atoms with Crippen LogP contribution in [0.1, 0.15) is 23.3 Å². The summed E-state index contributed by atoms with van der Waals surface area (Å²) in [6.45, 7) is 0. The number of amides is 1. The number of hydrogen-bond acceptors (Lipinski definition) is 3. The van der Waals surface area contributed by atoms with Gasteiger partial charge in [-0.05, 0) is 12.8 Å². The Kier molecular flexibility index (Phi) is 2.07. The molecule has 1 saturated carbocycles. The van der Waals surface area contributed by atoms with Crippen LogP contribution in [0.3, 0.4) is 0 Å². The van der Waals surface area contributed by atoms with Gasteiger partial charge in [0, 0.05) is 12.3 Å². The third-order valence-electron chi connectivity index (χ3n) is 1.91. The number of aromatic nitrogens is 1. The fourth-order valence-electron chi connectivity index (χ4n) is 1.05. The van der Waals surface area contributed by atoms with Gasteiger partial charge in [0.1, 0.15) is 0 Å². The summed E-state index contributed by atoms with van der Waals surface area (Å²) in [7, 11) is 0. The first-order chi connectivity index (χ1) is 6.68. The maximum Gasteiger partial charge on any atom is 0.270 e. The molecule has 0 unspecified atom stereocenters. The topological polar surface area (TPSA) is 65.2 Å². The van der Waals surface area contributed by atoms with E-state index in [1.165, 1.54) is 12.3 Å². The molecule has 0 saturated heterocycles. The highest BCUT2D eigenvalue weighted by molar-refractivity contribution is 5.91. The fraction of sp³-hybridized carbons (Fsp3) is 0.333. The standard InChI is InChI=1S/C9H9FN2O2/c10-7-6(14-5-1-2-5)3-4-12-8(7)9(11)13/h3-5H,1-2H2,(H2,11,13). The van der Waals surface area contributed by atoms with Crippen LogP contribution in [-0.2, 0) is 0 Å². The van der Waals surface area contributed by atoms with E-state index in [1.54, 1.807) is 0 Å². The highest BCUT2D eigenvalue weighted by Gasteiger charge is 2.26. The van der Waals surface area contributed by atoms with Crippen LogP contribution in [0.25, 0.3) is 0 Å². The number of nitrogens with zero attached hydrogens (tertiary/aromatic N) is 1. The van der Waals surface area contributed by atoms with E-state index in [4.69, 9.17) is 10.5 Å². The monoisotopic (exact) mass is 196 g/mol. The van der Waals surface area contributed by atoms with Gasteiger partial charge in [0.25, 0.3) is 5.91 Å². The van der Waals surface area contributed by atoms with Gasteiger partial charge in [-0.1, -0.05) is 0 Å². The van der Waals surface area contributed by atoms with Gasteiger partial charge in [-0.3, -0.25) is 4.79 Å². The number of primary amides is 1. The van der Waals surface area contributed by atoms with Gasteiger partial charge in [0.2, 0.25) is 0 Å². The van der Waals surface area contributed by atoms with Gasteiger partial charge in [0.15, 0.2) is 17.3 Å². The van der Waals surface area contributed by atoms with Crippen LogP contribution in [0.2, 0.25) is 0 Å². The zero-order chi connectivity index (χ0) is 10.1. The second-order valence-corrected chi connectivity index (χ2v) is 3.15. The van der Waals surface area contributed by atoms with E-state index in [9.17, 15) is 9.18 Å². The number of hydrogen-bond donors (Lipinski definition) is 1. The predicted octanol–water partition coefficient (Wildman–Crippen LogP) is 0.861. The minimum absolute atomic E-state index is 0.0521. The molecule has 0 aromatic carbocycles. The zero-order valence-corrected chi connectivity index (χ0v) is 7.37. The lowest BCUT2D eigenvalue weighted by molar-refractivity contribution is 0.0990. The van der Waals surface area contributed by atoms with E-state index >= 15 is 0 Å². The molecule has 1 fully saturated rings. The smallest absolute Gasteiger partial charge is 0.270 e. The summed E-state index contributed by atoms with van der Waals surface area (Å²) >= 11 is 0. The van der Waals surface area contributed by atoms with Crippen LogP contribution in [-0.4, -0.2) is 17.0 Å². The molecule has 0 bridgehead atoms. The molecule has 1 aliphatic carbocycles. The Bertz CT molecular complexity index is 377. The lowest BCUT2D eigenvalue weighted by Crippen LogP contribution is -2.16. The van der Waals surface area contributed by atoms with Gasteiger partial charge >= 0.3 is 0 Å². The van der Waals surface area contributed by atoms with E-state index < -0.39 is 11.7 Å². The highest BCUT2D eigenvalue weighted by atomic mass is 19.1. The summed E-state index contributed by atoms with van der Waals surface area (Å²) in [6, 6.07) is 1.39. The maximum atomic E-state index is 13.4. The maximum absolute atomic E-state index is 13.4. The molecule has 1 amide bonds. The first-order valence-corrected chi connectivity index (χ1v) is 4.29. The second-order valence-electron chi connectivity index (χ2n) is 3.15. The Balaban J connectivity index is 2.30. The minimum Gasteiger partial charge on any atom is -0.487 e. The van der Waals surface area contributed by atoms with Crippen molar-refractivity contribution in [2.24, 2.45) is 5.73 Å². The van der Waals surface area contributed by atoms with Gasteiger partial charge in [0.05, 0.1) is 6.10 Å². The van der Waals surface area contributed by atoms with Crippen molar-refractivity contribution in [3.63, 3.8) is 0 Å². The van der Waals surface area contributed by atoms with Crippen LogP contribution in [0.4, 0.5) is 4.39 Å². The first kappa shape index (κ1) is 8.93. The Morgan fingerprint density at radius 3 is 2.93 bits per heavy atom. The van der Waals surface area contributed by atoms with Gasteiger partial charge in [-0.25, -0.2) is 9.37 Å². The number of halogens is 1. The van der Waals surface area contributed by atoms with Gasteiger partial charge < -0.3 is 10.5 Å². The lowest BCUT2D eigenvalue weighted by Gasteiger charge is -2.06. The predicted molar refractivity (Wildman–Crippen MR) is 46.4 cm³/mol. The summed E-state index contributed by atoms with van der Waals surface area (Å²) < 4.78 is 18.6. The van der Waals surface area contributed by atoms with Crippen molar-refractivity contribution in [2.75, 3.05) is 0 Å². The molecule has 2 N–H and O–H groups in total. The Morgan fingerprint density at radius 1 is 1.64 bits per heavy atom. The molecule has 0 radical (unpaired) electrons. The Labute approximate surface area is 79.9 Å². The van der Waals surface area contributed by atoms with Crippen LogP contribution >= 0.6 is 0 Å². The van der Waals surface area contributed by atoms with Crippen LogP contribution in [0.5, 0.6) is 5.75 Å². The molecule has 0 spiro atoms. The number of carbonyl (C=O) groups excluding carboxylic acids is 1. The van der Waals surface area contributed by atoms with Crippen molar-refractivity contribution in [1.82, 2.24) is 4.98 Å². The van der Waals surface area contributed by atoms with Crippen molar-refractivity contribution in [3.05, 3.63) is 23.8 Å². The molecule has 0 aliphatic heterocycles. The molecular formula is C9H9FN2O2. The number of rotatable bonds is 3. The van der Waals surface area contributed by atoms with Crippen LogP contribution in [0, 0.1) is 5.82 Å². The third kappa shape index (κ3) is 1.66. The average molecular weight is 196 g/mol. The molecule has 1 aliphatic rings. The molecule has 0 atom stereocenters. The molecular weight excluding hydrogens is 187 g/mol. The van der Waals surface area contributed by atoms with Crippen molar-refractivity contribution in [1.29, 1.82) is 0 Å². The summed E-state index contributed by atoms with van der Waals surface area (Å²) in [5, 5.41) is 0. The van der Waals surface area contributed by atoms with E-state index in [2.05, 4.69) is 4.98 Å². The number of ether oxygens (including phenoxy) is 1. The number of pyridine rings is 1. The summed E-state index contributed by atoms with van der Waals surface area (Å²) in [5.74, 6) is -1.60. The van der Waals surface area contributed by atoms with Crippen molar-refractivity contribution in [3.8, 4) is 5.75 Å². The SMILES string of the molecule is NC(=O)c1nccc(OC2CC2)c1F. The number of nitrogens with two attached hydrogens (primary N) is 1. The van der Waals surface area contributed by atoms with Crippen molar-refractivity contribution in [2.45, 2.75) is 18.9 Å². The van der Waals surface area contributed by atoms with Gasteiger partial charge in [-0.15, -0.1) is 0 Å². The average Bonchev–Trinajstić information content (AvgIpc) is 2.92. The summed E-state index contributed by atoms with van der Waals surface area (Å²) in [6.07, 6.45) is 3.23. The highest BCUT2D eigenvalue weighted by Crippen LogP contribution is 2.28. The molecule has 14 heavy (non-hydrogen) atoms. The Morgan fingerprint density at radius 2 is 2.36 bits per heavy atom. The molecule has 1 aromatic rings. The Hall–Kier alpha value is -1.65. The lowest BCUT2D eigenvalue weighted by atomic mass is 10.3. The quantitative estimate of drug-likeness (QED) is 0.779. The van der Waals surface area contributed by atoms with E-state index in [1.807, 2.05) is 0 Å². The van der Waals surface area contributed by atoms with E-state index in [0.717, 1.165) is 12.8 Å². The summed E-state index contributed by atoms with van der Waals surface area (Å²) in [4.78, 5) is 14.3.